The lowest BCUT2D eigenvalue weighted by Gasteiger charge is -2.15. The van der Waals surface area contributed by atoms with Gasteiger partial charge in [0.15, 0.2) is 0 Å². The van der Waals surface area contributed by atoms with Crippen molar-refractivity contribution < 1.29 is 14.7 Å². The summed E-state index contributed by atoms with van der Waals surface area (Å²) in [5.41, 5.74) is 0.645. The molecule has 0 aromatic heterocycles. The average Bonchev–Trinajstić information content (AvgIpc) is 2.61. The summed E-state index contributed by atoms with van der Waals surface area (Å²) in [7, 11) is 0. The molecule has 1 aliphatic rings. The molecular formula is C11H10NO3. The van der Waals surface area contributed by atoms with Gasteiger partial charge in [0.25, 0.3) is 0 Å². The maximum atomic E-state index is 11.7. The van der Waals surface area contributed by atoms with E-state index in [1.54, 1.807) is 24.3 Å². The van der Waals surface area contributed by atoms with Crippen LogP contribution in [0.1, 0.15) is 6.42 Å². The second kappa shape index (κ2) is 3.73. The van der Waals surface area contributed by atoms with Crippen LogP contribution >= 0.6 is 0 Å². The maximum Gasteiger partial charge on any atom is 0.316 e. The van der Waals surface area contributed by atoms with Crippen molar-refractivity contribution in [1.29, 1.82) is 0 Å². The Kier molecular flexibility index (Phi) is 2.41. The number of benzene rings is 1. The number of carboxylic acid groups (broad SMARTS) is 1. The molecule has 4 heteroatoms. The average molecular weight is 204 g/mol. The van der Waals surface area contributed by atoms with Crippen molar-refractivity contribution in [2.45, 2.75) is 6.42 Å². The number of anilines is 1. The Balaban J connectivity index is 2.21. The van der Waals surface area contributed by atoms with Crippen molar-refractivity contribution in [3.8, 4) is 0 Å². The molecule has 1 saturated heterocycles. The van der Waals surface area contributed by atoms with E-state index in [-0.39, 0.29) is 5.91 Å². The largest absolute Gasteiger partial charge is 0.481 e. The van der Waals surface area contributed by atoms with Crippen LogP contribution < -0.4 is 4.90 Å². The van der Waals surface area contributed by atoms with Crippen LogP contribution in [0.2, 0.25) is 0 Å². The molecule has 77 valence electrons. The van der Waals surface area contributed by atoms with Gasteiger partial charge in [-0.25, -0.2) is 0 Å². The normalized spacial score (nSPS) is 20.7. The van der Waals surface area contributed by atoms with Gasteiger partial charge in [-0.2, -0.15) is 0 Å². The van der Waals surface area contributed by atoms with Gasteiger partial charge in [-0.15, -0.1) is 0 Å². The first-order chi connectivity index (χ1) is 7.20. The predicted octanol–water partition coefficient (Wildman–Crippen LogP) is 0.924. The topological polar surface area (TPSA) is 57.6 Å². The summed E-state index contributed by atoms with van der Waals surface area (Å²) >= 11 is 0. The molecule has 0 saturated carbocycles. The highest BCUT2D eigenvalue weighted by Crippen LogP contribution is 2.24. The Hall–Kier alpha value is -1.84. The number of para-hydroxylation sites is 1. The Labute approximate surface area is 87.1 Å². The van der Waals surface area contributed by atoms with E-state index in [0.29, 0.717) is 18.7 Å². The fourth-order valence-corrected chi connectivity index (χ4v) is 1.70. The quantitative estimate of drug-likeness (QED) is 0.729. The van der Waals surface area contributed by atoms with E-state index in [2.05, 4.69) is 6.07 Å². The van der Waals surface area contributed by atoms with Crippen molar-refractivity contribution in [3.63, 3.8) is 0 Å². The minimum absolute atomic E-state index is 0.343. The van der Waals surface area contributed by atoms with Gasteiger partial charge in [-0.3, -0.25) is 9.59 Å². The zero-order valence-corrected chi connectivity index (χ0v) is 8.01. The minimum atomic E-state index is -1.04. The Bertz CT molecular complexity index is 388. The summed E-state index contributed by atoms with van der Waals surface area (Å²) < 4.78 is 0. The van der Waals surface area contributed by atoms with Gasteiger partial charge in [-0.05, 0) is 12.5 Å². The number of rotatable bonds is 2. The van der Waals surface area contributed by atoms with Crippen LogP contribution in [0.25, 0.3) is 0 Å². The highest BCUT2D eigenvalue weighted by Gasteiger charge is 2.37. The fourth-order valence-electron chi connectivity index (χ4n) is 1.70. The number of hydrogen-bond donors (Lipinski definition) is 1. The van der Waals surface area contributed by atoms with Gasteiger partial charge in [0.2, 0.25) is 5.91 Å². The summed E-state index contributed by atoms with van der Waals surface area (Å²) in [6, 6.07) is 9.97. The van der Waals surface area contributed by atoms with Crippen LogP contribution in [0, 0.1) is 12.0 Å². The molecule has 4 nitrogen and oxygen atoms in total. The van der Waals surface area contributed by atoms with Crippen LogP contribution in [0.5, 0.6) is 0 Å². The summed E-state index contributed by atoms with van der Waals surface area (Å²) in [5.74, 6) is -2.28. The summed E-state index contributed by atoms with van der Waals surface area (Å²) in [6.45, 7) is 0.455. The van der Waals surface area contributed by atoms with Crippen molar-refractivity contribution >= 4 is 17.6 Å². The summed E-state index contributed by atoms with van der Waals surface area (Å²) in [5, 5.41) is 8.79. The van der Waals surface area contributed by atoms with E-state index in [0.717, 1.165) is 0 Å². The number of carbonyl (C=O) groups is 2. The molecular weight excluding hydrogens is 194 g/mol. The van der Waals surface area contributed by atoms with E-state index in [4.69, 9.17) is 5.11 Å². The number of hydrogen-bond acceptors (Lipinski definition) is 2. The van der Waals surface area contributed by atoms with Crippen LogP contribution in [0.4, 0.5) is 5.69 Å². The Morgan fingerprint density at radius 3 is 2.87 bits per heavy atom. The third-order valence-corrected chi connectivity index (χ3v) is 2.49. The first kappa shape index (κ1) is 9.71. The molecule has 0 bridgehead atoms. The molecule has 2 rings (SSSR count). The number of nitrogens with zero attached hydrogens (tertiary/aromatic N) is 1. The summed E-state index contributed by atoms with van der Waals surface area (Å²) in [4.78, 5) is 23.9. The zero-order valence-electron chi connectivity index (χ0n) is 8.01. The standard InChI is InChI=1S/C11H10NO3/c13-10-9(11(14)15)6-7-12(10)8-4-2-1-3-5-8/h1-4,9H,6-7H2,(H,14,15). The van der Waals surface area contributed by atoms with Crippen LogP contribution in [-0.2, 0) is 9.59 Å². The van der Waals surface area contributed by atoms with Gasteiger partial charge in [0.05, 0.1) is 5.69 Å². The van der Waals surface area contributed by atoms with Gasteiger partial charge in [0.1, 0.15) is 5.92 Å². The molecule has 1 aromatic carbocycles. The van der Waals surface area contributed by atoms with Crippen LogP contribution in [-0.4, -0.2) is 23.5 Å². The van der Waals surface area contributed by atoms with Gasteiger partial charge < -0.3 is 10.0 Å². The first-order valence-electron chi connectivity index (χ1n) is 4.71. The molecule has 1 fully saturated rings. The lowest BCUT2D eigenvalue weighted by atomic mass is 10.1. The van der Waals surface area contributed by atoms with E-state index >= 15 is 0 Å². The lowest BCUT2D eigenvalue weighted by Crippen LogP contribution is -2.30. The highest BCUT2D eigenvalue weighted by molar-refractivity contribution is 6.07. The van der Waals surface area contributed by atoms with E-state index in [1.165, 1.54) is 4.90 Å². The summed E-state index contributed by atoms with van der Waals surface area (Å²) in [6.07, 6.45) is 0.372. The molecule has 15 heavy (non-hydrogen) atoms. The number of carbonyl (C=O) groups excluding carboxylic acids is 1. The van der Waals surface area contributed by atoms with Crippen molar-refractivity contribution in [1.82, 2.24) is 0 Å². The highest BCUT2D eigenvalue weighted by atomic mass is 16.4. The molecule has 1 heterocycles. The molecule has 1 aromatic rings. The van der Waals surface area contributed by atoms with Crippen LogP contribution in [0.3, 0.4) is 0 Å². The molecule has 1 unspecified atom stereocenters. The number of carboxylic acids is 1. The molecule has 1 radical (unpaired) electrons. The number of amides is 1. The molecule has 0 aliphatic carbocycles. The minimum Gasteiger partial charge on any atom is -0.481 e. The molecule has 1 amide bonds. The fraction of sp³-hybridized carbons (Fsp3) is 0.273. The SMILES string of the molecule is O=C(O)C1CCN(c2[c]cccc2)C1=O. The predicted molar refractivity (Wildman–Crippen MR) is 53.4 cm³/mol. The second-order valence-corrected chi connectivity index (χ2v) is 3.42. The van der Waals surface area contributed by atoms with Gasteiger partial charge in [0, 0.05) is 12.6 Å². The first-order valence-corrected chi connectivity index (χ1v) is 4.71. The van der Waals surface area contributed by atoms with Crippen LogP contribution in [0.15, 0.2) is 24.3 Å². The van der Waals surface area contributed by atoms with Gasteiger partial charge >= 0.3 is 5.97 Å². The second-order valence-electron chi connectivity index (χ2n) is 3.42. The maximum absolute atomic E-state index is 11.7. The van der Waals surface area contributed by atoms with Crippen molar-refractivity contribution in [2.75, 3.05) is 11.4 Å². The van der Waals surface area contributed by atoms with Crippen molar-refractivity contribution in [2.24, 2.45) is 5.92 Å². The Morgan fingerprint density at radius 2 is 2.33 bits per heavy atom. The number of aliphatic carboxylic acids is 1. The third kappa shape index (κ3) is 1.70. The van der Waals surface area contributed by atoms with Gasteiger partial charge in [-0.1, -0.05) is 18.2 Å². The van der Waals surface area contributed by atoms with E-state index in [1.807, 2.05) is 0 Å². The van der Waals surface area contributed by atoms with E-state index in [9.17, 15) is 9.59 Å². The van der Waals surface area contributed by atoms with E-state index < -0.39 is 11.9 Å². The zero-order chi connectivity index (χ0) is 10.8. The monoisotopic (exact) mass is 204 g/mol. The Morgan fingerprint density at radius 1 is 1.53 bits per heavy atom. The third-order valence-electron chi connectivity index (χ3n) is 2.49. The smallest absolute Gasteiger partial charge is 0.316 e. The molecule has 1 N–H and O–H groups in total. The molecule has 0 spiro atoms. The molecule has 1 aliphatic heterocycles. The molecule has 1 atom stereocenters. The lowest BCUT2D eigenvalue weighted by molar-refractivity contribution is -0.144. The van der Waals surface area contributed by atoms with Crippen molar-refractivity contribution in [3.05, 3.63) is 30.3 Å².